The molecule has 2 aromatic carbocycles. The van der Waals surface area contributed by atoms with Crippen LogP contribution in [0.1, 0.15) is 31.4 Å². The molecule has 1 heterocycles. The molecule has 1 fully saturated rings. The Bertz CT molecular complexity index is 802. The van der Waals surface area contributed by atoms with Crippen molar-refractivity contribution in [3.8, 4) is 5.75 Å². The number of piperidine rings is 1. The van der Waals surface area contributed by atoms with Crippen molar-refractivity contribution >= 4 is 17.6 Å². The first kappa shape index (κ1) is 19.7. The van der Waals surface area contributed by atoms with Gasteiger partial charge in [0, 0.05) is 19.0 Å². The fraction of sp³-hybridized carbons (Fsp3) is 0.364. The molecule has 148 valence electrons. The molecule has 0 saturated carbocycles. The lowest BCUT2D eigenvalue weighted by Crippen LogP contribution is -2.46. The molecule has 1 aliphatic heterocycles. The lowest BCUT2D eigenvalue weighted by atomic mass is 9.96. The number of hydrogen-bond acceptors (Lipinski definition) is 3. The highest BCUT2D eigenvalue weighted by Gasteiger charge is 2.28. The maximum atomic E-state index is 12.6. The molecule has 1 saturated heterocycles. The Hall–Kier alpha value is -3.02. The molecule has 3 amide bonds. The normalized spacial score (nSPS) is 15.6. The van der Waals surface area contributed by atoms with Crippen LogP contribution >= 0.6 is 0 Å². The fourth-order valence-corrected chi connectivity index (χ4v) is 3.43. The predicted octanol–water partition coefficient (Wildman–Crippen LogP) is 3.82. The molecule has 0 aromatic heterocycles. The number of carbonyl (C=O) groups excluding carboxylic acids is 2. The van der Waals surface area contributed by atoms with Crippen LogP contribution in [0.25, 0.3) is 0 Å². The molecule has 0 aliphatic carbocycles. The summed E-state index contributed by atoms with van der Waals surface area (Å²) < 4.78 is 5.28. The van der Waals surface area contributed by atoms with E-state index < -0.39 is 0 Å². The quantitative estimate of drug-likeness (QED) is 0.827. The highest BCUT2D eigenvalue weighted by molar-refractivity contribution is 5.94. The van der Waals surface area contributed by atoms with E-state index in [0.717, 1.165) is 5.56 Å². The minimum absolute atomic E-state index is 0.0257. The molecule has 1 atom stereocenters. The molecule has 3 rings (SSSR count). The fourth-order valence-electron chi connectivity index (χ4n) is 3.43. The van der Waals surface area contributed by atoms with Gasteiger partial charge in [-0.3, -0.25) is 4.79 Å². The molecule has 6 heteroatoms. The minimum atomic E-state index is -0.111. The van der Waals surface area contributed by atoms with Gasteiger partial charge in [0.05, 0.1) is 18.8 Å². The monoisotopic (exact) mass is 381 g/mol. The number of amides is 3. The van der Waals surface area contributed by atoms with E-state index in [1.54, 1.807) is 12.0 Å². The zero-order valence-electron chi connectivity index (χ0n) is 16.4. The Morgan fingerprint density at radius 1 is 1.04 bits per heavy atom. The third-order valence-corrected chi connectivity index (χ3v) is 5.16. The number of urea groups is 1. The van der Waals surface area contributed by atoms with Crippen LogP contribution < -0.4 is 15.4 Å². The van der Waals surface area contributed by atoms with Gasteiger partial charge in [-0.1, -0.05) is 42.5 Å². The number of benzene rings is 2. The zero-order valence-corrected chi connectivity index (χ0v) is 16.4. The second-order valence-corrected chi connectivity index (χ2v) is 7.03. The Labute approximate surface area is 165 Å². The van der Waals surface area contributed by atoms with Gasteiger partial charge < -0.3 is 20.3 Å². The van der Waals surface area contributed by atoms with Crippen molar-refractivity contribution in [2.75, 3.05) is 25.5 Å². The summed E-state index contributed by atoms with van der Waals surface area (Å²) in [5.74, 6) is 0.505. The Kier molecular flexibility index (Phi) is 6.53. The average Bonchev–Trinajstić information content (AvgIpc) is 2.74. The van der Waals surface area contributed by atoms with Gasteiger partial charge in [0.2, 0.25) is 5.91 Å². The van der Waals surface area contributed by atoms with Crippen LogP contribution in [-0.2, 0) is 4.79 Å². The topological polar surface area (TPSA) is 70.7 Å². The maximum Gasteiger partial charge on any atom is 0.317 e. The van der Waals surface area contributed by atoms with Crippen LogP contribution in [0.2, 0.25) is 0 Å². The SMILES string of the molecule is COc1ccccc1NC(=O)C1CCN(C(=O)NC(C)c2ccccc2)CC1. The summed E-state index contributed by atoms with van der Waals surface area (Å²) in [4.78, 5) is 26.9. The Morgan fingerprint density at radius 2 is 1.68 bits per heavy atom. The Morgan fingerprint density at radius 3 is 2.36 bits per heavy atom. The number of carbonyl (C=O) groups is 2. The van der Waals surface area contributed by atoms with Gasteiger partial charge >= 0.3 is 6.03 Å². The summed E-state index contributed by atoms with van der Waals surface area (Å²) in [7, 11) is 1.58. The van der Waals surface area contributed by atoms with Crippen LogP contribution in [0.5, 0.6) is 5.75 Å². The van der Waals surface area contributed by atoms with E-state index in [0.29, 0.717) is 37.4 Å². The highest BCUT2D eigenvalue weighted by Crippen LogP contribution is 2.26. The largest absolute Gasteiger partial charge is 0.495 e. The summed E-state index contributed by atoms with van der Waals surface area (Å²) in [6.07, 6.45) is 1.29. The first-order valence-electron chi connectivity index (χ1n) is 9.62. The van der Waals surface area contributed by atoms with Crippen molar-refractivity contribution in [3.63, 3.8) is 0 Å². The number of para-hydroxylation sites is 2. The maximum absolute atomic E-state index is 12.6. The zero-order chi connectivity index (χ0) is 19.9. The van der Waals surface area contributed by atoms with E-state index >= 15 is 0 Å². The standard InChI is InChI=1S/C22H27N3O3/c1-16(17-8-4-3-5-9-17)23-22(27)25-14-12-18(13-15-25)21(26)24-19-10-6-7-11-20(19)28-2/h3-11,16,18H,12-15H2,1-2H3,(H,23,27)(H,24,26). The third kappa shape index (κ3) is 4.82. The molecular formula is C22H27N3O3. The van der Waals surface area contributed by atoms with Crippen LogP contribution in [0, 0.1) is 5.92 Å². The number of ether oxygens (including phenoxy) is 1. The second kappa shape index (κ2) is 9.26. The number of rotatable bonds is 5. The van der Waals surface area contributed by atoms with Crippen LogP contribution in [0.15, 0.2) is 54.6 Å². The number of methoxy groups -OCH3 is 1. The van der Waals surface area contributed by atoms with Crippen molar-refractivity contribution in [1.82, 2.24) is 10.2 Å². The summed E-state index contributed by atoms with van der Waals surface area (Å²) in [5, 5.41) is 5.98. The summed E-state index contributed by atoms with van der Waals surface area (Å²) in [6.45, 7) is 3.11. The predicted molar refractivity (Wildman–Crippen MR) is 109 cm³/mol. The molecule has 2 aromatic rings. The number of hydrogen-bond donors (Lipinski definition) is 2. The van der Waals surface area contributed by atoms with Crippen molar-refractivity contribution in [3.05, 3.63) is 60.2 Å². The van der Waals surface area contributed by atoms with E-state index in [1.165, 1.54) is 0 Å². The van der Waals surface area contributed by atoms with Gasteiger partial charge in [0.15, 0.2) is 0 Å². The van der Waals surface area contributed by atoms with Crippen molar-refractivity contribution < 1.29 is 14.3 Å². The number of nitrogens with one attached hydrogen (secondary N) is 2. The minimum Gasteiger partial charge on any atom is -0.495 e. The van der Waals surface area contributed by atoms with Crippen LogP contribution in [-0.4, -0.2) is 37.0 Å². The first-order chi connectivity index (χ1) is 13.6. The van der Waals surface area contributed by atoms with E-state index in [2.05, 4.69) is 10.6 Å². The first-order valence-corrected chi connectivity index (χ1v) is 9.62. The third-order valence-electron chi connectivity index (χ3n) is 5.16. The van der Waals surface area contributed by atoms with Crippen molar-refractivity contribution in [2.24, 2.45) is 5.92 Å². The van der Waals surface area contributed by atoms with Gasteiger partial charge in [0.1, 0.15) is 5.75 Å². The smallest absolute Gasteiger partial charge is 0.317 e. The number of likely N-dealkylation sites (tertiary alicyclic amines) is 1. The van der Waals surface area contributed by atoms with Crippen LogP contribution in [0.4, 0.5) is 10.5 Å². The molecular weight excluding hydrogens is 354 g/mol. The van der Waals surface area contributed by atoms with E-state index in [4.69, 9.17) is 4.74 Å². The lowest BCUT2D eigenvalue weighted by Gasteiger charge is -2.32. The van der Waals surface area contributed by atoms with Gasteiger partial charge in [-0.15, -0.1) is 0 Å². The van der Waals surface area contributed by atoms with E-state index in [9.17, 15) is 9.59 Å². The molecule has 2 N–H and O–H groups in total. The average molecular weight is 381 g/mol. The molecule has 1 aliphatic rings. The van der Waals surface area contributed by atoms with Gasteiger partial charge in [-0.2, -0.15) is 0 Å². The van der Waals surface area contributed by atoms with Crippen molar-refractivity contribution in [2.45, 2.75) is 25.8 Å². The molecule has 0 radical (unpaired) electrons. The second-order valence-electron chi connectivity index (χ2n) is 7.03. The van der Waals surface area contributed by atoms with E-state index in [-0.39, 0.29) is 23.9 Å². The number of anilines is 1. The molecule has 1 unspecified atom stereocenters. The van der Waals surface area contributed by atoms with Crippen molar-refractivity contribution in [1.29, 1.82) is 0 Å². The van der Waals surface area contributed by atoms with Gasteiger partial charge in [-0.05, 0) is 37.5 Å². The summed E-state index contributed by atoms with van der Waals surface area (Å²) >= 11 is 0. The molecule has 28 heavy (non-hydrogen) atoms. The number of nitrogens with zero attached hydrogens (tertiary/aromatic N) is 1. The molecule has 0 spiro atoms. The lowest BCUT2D eigenvalue weighted by molar-refractivity contribution is -0.121. The molecule has 0 bridgehead atoms. The summed E-state index contributed by atoms with van der Waals surface area (Å²) in [6, 6.07) is 17.1. The van der Waals surface area contributed by atoms with Gasteiger partial charge in [-0.25, -0.2) is 4.79 Å². The molecule has 6 nitrogen and oxygen atoms in total. The highest BCUT2D eigenvalue weighted by atomic mass is 16.5. The van der Waals surface area contributed by atoms with Crippen LogP contribution in [0.3, 0.4) is 0 Å². The Balaban J connectivity index is 1.49. The van der Waals surface area contributed by atoms with E-state index in [1.807, 2.05) is 61.5 Å². The summed E-state index contributed by atoms with van der Waals surface area (Å²) in [5.41, 5.74) is 1.74. The van der Waals surface area contributed by atoms with Gasteiger partial charge in [0.25, 0.3) is 0 Å².